The molecule has 0 amide bonds. The third kappa shape index (κ3) is 1.54. The van der Waals surface area contributed by atoms with Crippen LogP contribution in [0, 0.1) is 13.8 Å². The van der Waals surface area contributed by atoms with Gasteiger partial charge >= 0.3 is 0 Å². The zero-order valence-electron chi connectivity index (χ0n) is 10.1. The first-order valence-corrected chi connectivity index (χ1v) is 5.35. The lowest BCUT2D eigenvalue weighted by atomic mass is 9.81. The Morgan fingerprint density at radius 1 is 1.20 bits per heavy atom. The number of nitrogens with zero attached hydrogens (tertiary/aromatic N) is 1. The summed E-state index contributed by atoms with van der Waals surface area (Å²) in [6.07, 6.45) is 1.93. The lowest BCUT2D eigenvalue weighted by Crippen LogP contribution is -2.14. The van der Waals surface area contributed by atoms with Crippen LogP contribution in [0.25, 0.3) is 10.9 Å². The fraction of sp³-hybridized carbons (Fsp3) is 0.462. The molecule has 0 fully saturated rings. The van der Waals surface area contributed by atoms with Crippen LogP contribution < -0.4 is 0 Å². The van der Waals surface area contributed by atoms with Crippen molar-refractivity contribution in [2.45, 2.75) is 40.0 Å². The lowest BCUT2D eigenvalue weighted by molar-refractivity contribution is 0.591. The molecule has 0 spiro atoms. The molecule has 0 bridgehead atoms. The number of nitrogens with one attached hydrogen (secondary N) is 1. The molecule has 1 aromatic heterocycles. The van der Waals surface area contributed by atoms with Gasteiger partial charge in [0.1, 0.15) is 0 Å². The van der Waals surface area contributed by atoms with Crippen LogP contribution in [0.15, 0.2) is 12.3 Å². The highest BCUT2D eigenvalue weighted by Gasteiger charge is 2.21. The Bertz CT molecular complexity index is 501. The smallest absolute Gasteiger partial charge is 0.0656 e. The van der Waals surface area contributed by atoms with Gasteiger partial charge in [-0.15, -0.1) is 0 Å². The van der Waals surface area contributed by atoms with Gasteiger partial charge in [0.15, 0.2) is 0 Å². The monoisotopic (exact) mass is 202 g/mol. The Labute approximate surface area is 90.7 Å². The number of aryl methyl sites for hydroxylation is 1. The van der Waals surface area contributed by atoms with Crippen LogP contribution in [0.3, 0.4) is 0 Å². The highest BCUT2D eigenvalue weighted by atomic mass is 15.1. The molecule has 1 aromatic carbocycles. The molecule has 0 aliphatic carbocycles. The van der Waals surface area contributed by atoms with Gasteiger partial charge in [-0.25, -0.2) is 0 Å². The Kier molecular flexibility index (Phi) is 2.10. The Morgan fingerprint density at radius 3 is 2.47 bits per heavy atom. The molecule has 1 N–H and O–H groups in total. The number of benzene rings is 1. The number of H-pyrrole nitrogens is 1. The minimum atomic E-state index is 0.165. The third-order valence-electron chi connectivity index (χ3n) is 3.02. The van der Waals surface area contributed by atoms with Crippen LogP contribution in [0.5, 0.6) is 0 Å². The topological polar surface area (TPSA) is 28.7 Å². The van der Waals surface area contributed by atoms with Crippen molar-refractivity contribution in [1.82, 2.24) is 10.2 Å². The van der Waals surface area contributed by atoms with E-state index in [1.165, 1.54) is 22.1 Å². The van der Waals surface area contributed by atoms with E-state index < -0.39 is 0 Å². The molecular weight excluding hydrogens is 184 g/mol. The maximum absolute atomic E-state index is 4.13. The van der Waals surface area contributed by atoms with Crippen LogP contribution in [0.4, 0.5) is 0 Å². The van der Waals surface area contributed by atoms with E-state index in [-0.39, 0.29) is 5.41 Å². The fourth-order valence-corrected chi connectivity index (χ4v) is 2.30. The molecule has 0 unspecified atom stereocenters. The maximum Gasteiger partial charge on any atom is 0.0656 e. The molecule has 2 heteroatoms. The van der Waals surface area contributed by atoms with Gasteiger partial charge in [-0.3, -0.25) is 5.10 Å². The van der Waals surface area contributed by atoms with Crippen LogP contribution in [-0.4, -0.2) is 10.2 Å². The molecule has 2 rings (SSSR count). The van der Waals surface area contributed by atoms with Crippen molar-refractivity contribution in [3.05, 3.63) is 29.0 Å². The van der Waals surface area contributed by atoms with E-state index in [0.29, 0.717) is 0 Å². The summed E-state index contributed by atoms with van der Waals surface area (Å²) in [6.45, 7) is 11.1. The van der Waals surface area contributed by atoms with Crippen molar-refractivity contribution in [3.63, 3.8) is 0 Å². The molecule has 0 aliphatic rings. The van der Waals surface area contributed by atoms with Crippen LogP contribution in [0.1, 0.15) is 37.5 Å². The predicted molar refractivity (Wildman–Crippen MR) is 64.3 cm³/mol. The summed E-state index contributed by atoms with van der Waals surface area (Å²) in [7, 11) is 0. The molecule has 0 saturated carbocycles. The van der Waals surface area contributed by atoms with E-state index >= 15 is 0 Å². The zero-order chi connectivity index (χ0) is 11.2. The maximum atomic E-state index is 4.13. The molecule has 0 aliphatic heterocycles. The number of rotatable bonds is 0. The number of aromatic amines is 1. The number of hydrogen-bond donors (Lipinski definition) is 1. The number of aromatic nitrogens is 2. The number of fused-ring (bicyclic) bond motifs is 1. The molecule has 0 radical (unpaired) electrons. The second-order valence-electron chi connectivity index (χ2n) is 5.27. The molecule has 80 valence electrons. The zero-order valence-corrected chi connectivity index (χ0v) is 10.1. The van der Waals surface area contributed by atoms with E-state index in [1.54, 1.807) is 0 Å². The van der Waals surface area contributed by atoms with Crippen LogP contribution in [-0.2, 0) is 5.41 Å². The highest BCUT2D eigenvalue weighted by molar-refractivity contribution is 5.85. The van der Waals surface area contributed by atoms with Gasteiger partial charge in [-0.2, -0.15) is 5.10 Å². The van der Waals surface area contributed by atoms with Gasteiger partial charge in [-0.05, 0) is 42.0 Å². The Hall–Kier alpha value is -1.31. The first-order valence-electron chi connectivity index (χ1n) is 5.35. The molecule has 2 nitrogen and oxygen atoms in total. The molecule has 0 saturated heterocycles. The minimum absolute atomic E-state index is 0.165. The van der Waals surface area contributed by atoms with E-state index in [1.807, 2.05) is 6.20 Å². The molecule has 15 heavy (non-hydrogen) atoms. The van der Waals surface area contributed by atoms with Gasteiger partial charge in [0.2, 0.25) is 0 Å². The largest absolute Gasteiger partial charge is 0.278 e. The third-order valence-corrected chi connectivity index (χ3v) is 3.02. The van der Waals surface area contributed by atoms with Gasteiger partial charge in [-0.1, -0.05) is 20.8 Å². The molecular formula is C13H18N2. The summed E-state index contributed by atoms with van der Waals surface area (Å²) in [5.41, 5.74) is 5.43. The Balaban J connectivity index is 2.90. The first-order chi connectivity index (χ1) is 6.91. The van der Waals surface area contributed by atoms with Gasteiger partial charge in [0.05, 0.1) is 11.7 Å². The predicted octanol–water partition coefficient (Wildman–Crippen LogP) is 3.48. The summed E-state index contributed by atoms with van der Waals surface area (Å²) in [4.78, 5) is 0. The summed E-state index contributed by atoms with van der Waals surface area (Å²) < 4.78 is 0. The van der Waals surface area contributed by atoms with Crippen LogP contribution >= 0.6 is 0 Å². The first kappa shape index (κ1) is 10.2. The standard InChI is InChI=1S/C13H18N2/c1-8-6-11-10(7-14-15-11)12(9(8)2)13(3,4)5/h6-7H,1-5H3,(H,14,15). The van der Waals surface area contributed by atoms with E-state index in [9.17, 15) is 0 Å². The van der Waals surface area contributed by atoms with E-state index in [2.05, 4.69) is 50.9 Å². The highest BCUT2D eigenvalue weighted by Crippen LogP contribution is 2.33. The van der Waals surface area contributed by atoms with Crippen molar-refractivity contribution >= 4 is 10.9 Å². The normalized spacial score (nSPS) is 12.3. The van der Waals surface area contributed by atoms with Crippen molar-refractivity contribution < 1.29 is 0 Å². The van der Waals surface area contributed by atoms with Crippen molar-refractivity contribution in [1.29, 1.82) is 0 Å². The van der Waals surface area contributed by atoms with Crippen molar-refractivity contribution in [2.75, 3.05) is 0 Å². The summed E-state index contributed by atoms with van der Waals surface area (Å²) in [6, 6.07) is 2.17. The van der Waals surface area contributed by atoms with E-state index in [0.717, 1.165) is 5.52 Å². The second kappa shape index (κ2) is 3.09. The molecule has 0 atom stereocenters. The average molecular weight is 202 g/mol. The van der Waals surface area contributed by atoms with Gasteiger partial charge in [0.25, 0.3) is 0 Å². The second-order valence-corrected chi connectivity index (χ2v) is 5.27. The SMILES string of the molecule is Cc1cc2[nH]ncc2c(C(C)(C)C)c1C. The van der Waals surface area contributed by atoms with Gasteiger partial charge < -0.3 is 0 Å². The van der Waals surface area contributed by atoms with Crippen molar-refractivity contribution in [2.24, 2.45) is 0 Å². The fourth-order valence-electron chi connectivity index (χ4n) is 2.30. The Morgan fingerprint density at radius 2 is 1.87 bits per heavy atom. The minimum Gasteiger partial charge on any atom is -0.278 e. The average Bonchev–Trinajstić information content (AvgIpc) is 2.50. The van der Waals surface area contributed by atoms with E-state index in [4.69, 9.17) is 0 Å². The lowest BCUT2D eigenvalue weighted by Gasteiger charge is -2.23. The summed E-state index contributed by atoms with van der Waals surface area (Å²) in [5.74, 6) is 0. The van der Waals surface area contributed by atoms with Crippen molar-refractivity contribution in [3.8, 4) is 0 Å². The molecule has 2 aromatic rings. The van der Waals surface area contributed by atoms with Gasteiger partial charge in [0, 0.05) is 5.39 Å². The number of hydrogen-bond acceptors (Lipinski definition) is 1. The molecule has 1 heterocycles. The van der Waals surface area contributed by atoms with Crippen LogP contribution in [0.2, 0.25) is 0 Å². The quantitative estimate of drug-likeness (QED) is 0.696. The summed E-state index contributed by atoms with van der Waals surface area (Å²) in [5, 5.41) is 8.44. The summed E-state index contributed by atoms with van der Waals surface area (Å²) >= 11 is 0.